The van der Waals surface area contributed by atoms with Crippen molar-refractivity contribution in [2.75, 3.05) is 19.7 Å². The minimum atomic E-state index is -0.466. The Labute approximate surface area is 143 Å². The first-order chi connectivity index (χ1) is 9.67. The predicted molar refractivity (Wildman–Crippen MR) is 93.3 cm³/mol. The van der Waals surface area contributed by atoms with Crippen LogP contribution >= 0.6 is 30.4 Å². The summed E-state index contributed by atoms with van der Waals surface area (Å²) in [4.78, 5) is 13.8. The molecule has 1 aliphatic rings. The number of piperidine rings is 1. The second-order valence-corrected chi connectivity index (χ2v) is 8.29. The van der Waals surface area contributed by atoms with Crippen LogP contribution in [0.3, 0.4) is 0 Å². The van der Waals surface area contributed by atoms with Crippen molar-refractivity contribution in [3.8, 4) is 0 Å². The number of halogens is 1. The standard InChI is InChI=1S/C14H26INO4S/c1-11(17)9-14(10-19-21-15)5-7-16(8-6-14)12(18)20-13(2,3)4/h11,17H,5-10H2,1-4H3/t11-/m0/s1. The highest BCUT2D eigenvalue weighted by molar-refractivity contribution is 14.2. The fourth-order valence-electron chi connectivity index (χ4n) is 2.67. The molecule has 124 valence electrons. The molecule has 0 aromatic rings. The summed E-state index contributed by atoms with van der Waals surface area (Å²) in [6.07, 6.45) is 1.74. The van der Waals surface area contributed by atoms with Gasteiger partial charge in [-0.05, 0) is 47.0 Å². The molecule has 0 saturated carbocycles. The largest absolute Gasteiger partial charge is 0.444 e. The van der Waals surface area contributed by atoms with E-state index in [4.69, 9.17) is 8.92 Å². The van der Waals surface area contributed by atoms with Gasteiger partial charge < -0.3 is 18.9 Å². The van der Waals surface area contributed by atoms with Crippen LogP contribution < -0.4 is 0 Å². The van der Waals surface area contributed by atoms with Crippen molar-refractivity contribution >= 4 is 36.5 Å². The van der Waals surface area contributed by atoms with Crippen molar-refractivity contribution in [2.45, 2.75) is 58.7 Å². The predicted octanol–water partition coefficient (Wildman–Crippen LogP) is 3.79. The van der Waals surface area contributed by atoms with Crippen molar-refractivity contribution in [3.05, 3.63) is 0 Å². The number of hydrogen-bond acceptors (Lipinski definition) is 5. The van der Waals surface area contributed by atoms with Gasteiger partial charge in [0.05, 0.1) is 21.9 Å². The number of likely N-dealkylation sites (tertiary alicyclic amines) is 1. The van der Waals surface area contributed by atoms with Crippen LogP contribution in [0.5, 0.6) is 0 Å². The van der Waals surface area contributed by atoms with Crippen molar-refractivity contribution in [1.82, 2.24) is 4.90 Å². The van der Waals surface area contributed by atoms with Crippen molar-refractivity contribution in [3.63, 3.8) is 0 Å². The lowest BCUT2D eigenvalue weighted by molar-refractivity contribution is -0.00795. The first-order valence-electron chi connectivity index (χ1n) is 7.24. The topological polar surface area (TPSA) is 59.0 Å². The molecule has 1 N–H and O–H groups in total. The maximum atomic E-state index is 12.1. The van der Waals surface area contributed by atoms with E-state index in [0.29, 0.717) is 26.1 Å². The molecule has 0 aromatic heterocycles. The highest BCUT2D eigenvalue weighted by Crippen LogP contribution is 2.38. The molecule has 0 aromatic carbocycles. The number of carbonyl (C=O) groups excluding carboxylic acids is 1. The molecule has 1 atom stereocenters. The van der Waals surface area contributed by atoms with Crippen LogP contribution in [-0.4, -0.2) is 47.5 Å². The summed E-state index contributed by atoms with van der Waals surface area (Å²) in [6, 6.07) is 0. The van der Waals surface area contributed by atoms with Gasteiger partial charge in [-0.15, -0.1) is 0 Å². The average molecular weight is 431 g/mol. The molecule has 5 nitrogen and oxygen atoms in total. The molecule has 7 heteroatoms. The van der Waals surface area contributed by atoms with Crippen LogP contribution in [0.1, 0.15) is 47.0 Å². The Balaban J connectivity index is 2.59. The van der Waals surface area contributed by atoms with Gasteiger partial charge in [0.2, 0.25) is 0 Å². The van der Waals surface area contributed by atoms with Gasteiger partial charge in [0.1, 0.15) is 5.60 Å². The number of aliphatic hydroxyl groups excluding tert-OH is 1. The number of amides is 1. The summed E-state index contributed by atoms with van der Waals surface area (Å²) >= 11 is 2.10. The molecule has 0 bridgehead atoms. The summed E-state index contributed by atoms with van der Waals surface area (Å²) < 4.78 is 10.9. The molecule has 1 heterocycles. The van der Waals surface area contributed by atoms with E-state index >= 15 is 0 Å². The van der Waals surface area contributed by atoms with Gasteiger partial charge in [-0.1, -0.05) is 0 Å². The summed E-state index contributed by atoms with van der Waals surface area (Å²) in [6.45, 7) is 9.33. The smallest absolute Gasteiger partial charge is 0.410 e. The van der Waals surface area contributed by atoms with Crippen LogP contribution in [0.4, 0.5) is 4.79 Å². The molecule has 21 heavy (non-hydrogen) atoms. The molecule has 1 aliphatic heterocycles. The Hall–Kier alpha value is 0.270. The number of rotatable bonds is 5. The molecule has 1 saturated heterocycles. The van der Waals surface area contributed by atoms with Crippen LogP contribution in [0.2, 0.25) is 0 Å². The van der Waals surface area contributed by atoms with E-state index in [1.165, 1.54) is 9.21 Å². The van der Waals surface area contributed by atoms with Gasteiger partial charge in [0.25, 0.3) is 0 Å². The number of aliphatic hydroxyl groups is 1. The van der Waals surface area contributed by atoms with E-state index in [1.54, 1.807) is 11.8 Å². The van der Waals surface area contributed by atoms with Gasteiger partial charge >= 0.3 is 6.09 Å². The Bertz CT molecular complexity index is 338. The average Bonchev–Trinajstić information content (AvgIpc) is 2.34. The Kier molecular flexibility index (Phi) is 7.56. The molecule has 1 fully saturated rings. The quantitative estimate of drug-likeness (QED) is 0.530. The number of ether oxygens (including phenoxy) is 1. The molecule has 0 unspecified atom stereocenters. The van der Waals surface area contributed by atoms with Crippen LogP contribution in [0, 0.1) is 5.41 Å². The van der Waals surface area contributed by atoms with E-state index in [0.717, 1.165) is 12.8 Å². The first-order valence-corrected chi connectivity index (χ1v) is 10.5. The maximum absolute atomic E-state index is 12.1. The highest BCUT2D eigenvalue weighted by atomic mass is 127. The number of hydrogen-bond donors (Lipinski definition) is 1. The second kappa shape index (κ2) is 8.21. The third kappa shape index (κ3) is 6.92. The minimum Gasteiger partial charge on any atom is -0.444 e. The molecule has 0 radical (unpaired) electrons. The first kappa shape index (κ1) is 19.3. The maximum Gasteiger partial charge on any atom is 0.410 e. The number of carbonyl (C=O) groups is 1. The molecular formula is C14H26INO4S. The van der Waals surface area contributed by atoms with E-state index in [-0.39, 0.29) is 17.6 Å². The van der Waals surface area contributed by atoms with Gasteiger partial charge in [0.15, 0.2) is 0 Å². The molecular weight excluding hydrogens is 405 g/mol. The fourth-order valence-corrected chi connectivity index (χ4v) is 3.35. The normalized spacial score (nSPS) is 20.2. The zero-order chi connectivity index (χ0) is 16.1. The van der Waals surface area contributed by atoms with E-state index < -0.39 is 5.60 Å². The lowest BCUT2D eigenvalue weighted by Crippen LogP contribution is -2.47. The van der Waals surface area contributed by atoms with E-state index in [2.05, 4.69) is 21.2 Å². The molecule has 0 aliphatic carbocycles. The summed E-state index contributed by atoms with van der Waals surface area (Å²) in [7, 11) is 1.32. The lowest BCUT2D eigenvalue weighted by Gasteiger charge is -2.42. The van der Waals surface area contributed by atoms with E-state index in [9.17, 15) is 9.90 Å². The SMILES string of the molecule is C[C@H](O)CC1(COSI)CCN(C(=O)OC(C)(C)C)CC1. The van der Waals surface area contributed by atoms with Gasteiger partial charge in [-0.2, -0.15) is 0 Å². The summed E-state index contributed by atoms with van der Waals surface area (Å²) in [5.41, 5.74) is -0.517. The highest BCUT2D eigenvalue weighted by Gasteiger charge is 2.38. The van der Waals surface area contributed by atoms with Crippen LogP contribution in [0.15, 0.2) is 0 Å². The molecule has 1 amide bonds. The van der Waals surface area contributed by atoms with Crippen LogP contribution in [0.25, 0.3) is 0 Å². The van der Waals surface area contributed by atoms with Gasteiger partial charge in [-0.25, -0.2) is 4.79 Å². The fraction of sp³-hybridized carbons (Fsp3) is 0.929. The second-order valence-electron chi connectivity index (χ2n) is 6.85. The van der Waals surface area contributed by atoms with Gasteiger partial charge in [0, 0.05) is 39.7 Å². The van der Waals surface area contributed by atoms with Crippen molar-refractivity contribution in [2.24, 2.45) is 5.41 Å². The summed E-state index contributed by atoms with van der Waals surface area (Å²) in [5, 5.41) is 9.73. The number of nitrogens with zero attached hydrogens (tertiary/aromatic N) is 1. The zero-order valence-electron chi connectivity index (χ0n) is 13.2. The van der Waals surface area contributed by atoms with E-state index in [1.807, 2.05) is 20.8 Å². The monoisotopic (exact) mass is 431 g/mol. The van der Waals surface area contributed by atoms with Gasteiger partial charge in [-0.3, -0.25) is 0 Å². The third-order valence-corrected chi connectivity index (χ3v) is 4.58. The minimum absolute atomic E-state index is 0.0507. The van der Waals surface area contributed by atoms with Crippen molar-refractivity contribution in [1.29, 1.82) is 0 Å². The third-order valence-electron chi connectivity index (χ3n) is 3.61. The molecule has 1 rings (SSSR count). The zero-order valence-corrected chi connectivity index (χ0v) is 16.2. The molecule has 0 spiro atoms. The Morgan fingerprint density at radius 1 is 1.43 bits per heavy atom. The Morgan fingerprint density at radius 2 is 2.00 bits per heavy atom. The van der Waals surface area contributed by atoms with Crippen LogP contribution in [-0.2, 0) is 8.92 Å². The summed E-state index contributed by atoms with van der Waals surface area (Å²) in [5.74, 6) is 0. The lowest BCUT2D eigenvalue weighted by atomic mass is 9.75. The van der Waals surface area contributed by atoms with Crippen molar-refractivity contribution < 1.29 is 18.8 Å². The Morgan fingerprint density at radius 3 is 2.43 bits per heavy atom.